The molecule has 0 bridgehead atoms. The van der Waals surface area contributed by atoms with Gasteiger partial charge in [0.05, 0.1) is 0 Å². The van der Waals surface area contributed by atoms with E-state index in [1.165, 1.54) is 17.4 Å². The Morgan fingerprint density at radius 1 is 1.30 bits per heavy atom. The van der Waals surface area contributed by atoms with Crippen molar-refractivity contribution < 1.29 is 18.7 Å². The highest BCUT2D eigenvalue weighted by atomic mass is 32.1. The second-order valence-corrected chi connectivity index (χ2v) is 4.62. The fourth-order valence-electron chi connectivity index (χ4n) is 1.48. The number of rotatable bonds is 2. The summed E-state index contributed by atoms with van der Waals surface area (Å²) in [4.78, 5) is 12.4. The molecule has 0 aliphatic heterocycles. The molecule has 102 valence electrons. The molecule has 1 aromatic carbocycles. The molecule has 2 N–H and O–H groups in total. The average molecular weight is 293 g/mol. The Morgan fingerprint density at radius 3 is 2.80 bits per heavy atom. The first kappa shape index (κ1) is 14.2. The molecule has 0 saturated carbocycles. The van der Waals surface area contributed by atoms with E-state index in [0.29, 0.717) is 10.4 Å². The van der Waals surface area contributed by atoms with Crippen LogP contribution in [0.2, 0.25) is 0 Å². The minimum atomic E-state index is -1.03. The molecule has 1 heterocycles. The lowest BCUT2D eigenvalue weighted by molar-refractivity contribution is 0.103. The van der Waals surface area contributed by atoms with Gasteiger partial charge in [0.15, 0.2) is 11.6 Å². The summed E-state index contributed by atoms with van der Waals surface area (Å²) in [7, 11) is 0. The van der Waals surface area contributed by atoms with Gasteiger partial charge in [-0.3, -0.25) is 4.79 Å². The molecule has 0 radical (unpaired) electrons. The molecule has 0 saturated heterocycles. The number of hydrogen-bond acceptors (Lipinski definition) is 3. The third-order valence-corrected chi connectivity index (χ3v) is 3.26. The number of amides is 1. The van der Waals surface area contributed by atoms with E-state index in [0.717, 1.165) is 12.1 Å². The molecule has 20 heavy (non-hydrogen) atoms. The van der Waals surface area contributed by atoms with Gasteiger partial charge in [-0.25, -0.2) is 8.78 Å². The number of aliphatic hydroxyl groups is 1. The molecule has 6 heteroatoms. The lowest BCUT2D eigenvalue weighted by atomic mass is 10.2. The Labute approximate surface area is 117 Å². The molecule has 2 aromatic rings. The van der Waals surface area contributed by atoms with Gasteiger partial charge < -0.3 is 10.4 Å². The number of anilines is 1. The van der Waals surface area contributed by atoms with Gasteiger partial charge in [-0.2, -0.15) is 0 Å². The van der Waals surface area contributed by atoms with Gasteiger partial charge >= 0.3 is 0 Å². The van der Waals surface area contributed by atoms with E-state index < -0.39 is 17.5 Å². The van der Waals surface area contributed by atoms with Crippen molar-refractivity contribution in [3.05, 3.63) is 51.7 Å². The van der Waals surface area contributed by atoms with Crippen molar-refractivity contribution in [3.8, 4) is 11.8 Å². The van der Waals surface area contributed by atoms with Crippen LogP contribution in [0.1, 0.15) is 15.2 Å². The maximum atomic E-state index is 13.0. The first-order valence-corrected chi connectivity index (χ1v) is 6.43. The van der Waals surface area contributed by atoms with Gasteiger partial charge in [0.25, 0.3) is 5.91 Å². The van der Waals surface area contributed by atoms with E-state index in [9.17, 15) is 13.6 Å². The van der Waals surface area contributed by atoms with Crippen molar-refractivity contribution in [2.75, 3.05) is 11.9 Å². The van der Waals surface area contributed by atoms with E-state index in [-0.39, 0.29) is 12.3 Å². The van der Waals surface area contributed by atoms with E-state index in [2.05, 4.69) is 17.2 Å². The molecule has 1 amide bonds. The van der Waals surface area contributed by atoms with Crippen LogP contribution in [0, 0.1) is 23.5 Å². The number of carbonyl (C=O) groups is 1. The Balaban J connectivity index is 2.20. The number of hydrogen-bond donors (Lipinski definition) is 2. The van der Waals surface area contributed by atoms with Crippen LogP contribution in [0.5, 0.6) is 0 Å². The first-order chi connectivity index (χ1) is 9.61. The van der Waals surface area contributed by atoms with Crippen LogP contribution in [0.3, 0.4) is 0 Å². The molecule has 0 aliphatic rings. The molecule has 0 spiro atoms. The number of nitrogens with one attached hydrogen (secondary N) is 1. The Hall–Kier alpha value is -2.23. The summed E-state index contributed by atoms with van der Waals surface area (Å²) in [6, 6.07) is 4.75. The van der Waals surface area contributed by atoms with Crippen molar-refractivity contribution in [2.24, 2.45) is 0 Å². The van der Waals surface area contributed by atoms with E-state index in [1.807, 2.05) is 0 Å². The first-order valence-electron chi connectivity index (χ1n) is 5.55. The summed E-state index contributed by atoms with van der Waals surface area (Å²) >= 11 is 1.17. The average Bonchev–Trinajstić information content (AvgIpc) is 2.89. The fraction of sp³-hybridized carbons (Fsp3) is 0.0714. The molecule has 0 fully saturated rings. The summed E-state index contributed by atoms with van der Waals surface area (Å²) in [6.07, 6.45) is 0. The minimum absolute atomic E-state index is 0.156. The van der Waals surface area contributed by atoms with Crippen LogP contribution in [-0.4, -0.2) is 17.6 Å². The molecule has 0 atom stereocenters. The van der Waals surface area contributed by atoms with E-state index >= 15 is 0 Å². The van der Waals surface area contributed by atoms with Crippen molar-refractivity contribution in [2.45, 2.75) is 0 Å². The summed E-state index contributed by atoms with van der Waals surface area (Å²) < 4.78 is 25.8. The third kappa shape index (κ3) is 3.20. The lowest BCUT2D eigenvalue weighted by Crippen LogP contribution is -2.11. The SMILES string of the molecule is O=C(Nc1ccc(F)c(F)c1)c1sccc1C#CCO. The normalized spacial score (nSPS) is 9.75. The maximum Gasteiger partial charge on any atom is 0.267 e. The fourth-order valence-corrected chi connectivity index (χ4v) is 2.22. The summed E-state index contributed by atoms with van der Waals surface area (Å²) in [5.41, 5.74) is 0.632. The lowest BCUT2D eigenvalue weighted by Gasteiger charge is -2.04. The number of thiophene rings is 1. The Bertz CT molecular complexity index is 701. The van der Waals surface area contributed by atoms with Gasteiger partial charge in [-0.1, -0.05) is 11.8 Å². The zero-order chi connectivity index (χ0) is 14.5. The molecule has 0 aliphatic carbocycles. The van der Waals surface area contributed by atoms with Gasteiger partial charge in [0.2, 0.25) is 0 Å². The van der Waals surface area contributed by atoms with Crippen LogP contribution in [0.25, 0.3) is 0 Å². The van der Waals surface area contributed by atoms with Crippen molar-refractivity contribution >= 4 is 22.9 Å². The zero-order valence-electron chi connectivity index (χ0n) is 10.1. The zero-order valence-corrected chi connectivity index (χ0v) is 10.9. The predicted octanol–water partition coefficient (Wildman–Crippen LogP) is 2.62. The van der Waals surface area contributed by atoms with Crippen LogP contribution < -0.4 is 5.32 Å². The Morgan fingerprint density at radius 2 is 2.10 bits per heavy atom. The summed E-state index contributed by atoms with van der Waals surface area (Å²) in [5.74, 6) is 2.62. The van der Waals surface area contributed by atoms with Gasteiger partial charge in [-0.05, 0) is 23.6 Å². The smallest absolute Gasteiger partial charge is 0.267 e. The maximum absolute atomic E-state index is 13.0. The quantitative estimate of drug-likeness (QED) is 0.836. The second kappa shape index (κ2) is 6.28. The largest absolute Gasteiger partial charge is 0.384 e. The molecule has 2 rings (SSSR count). The minimum Gasteiger partial charge on any atom is -0.384 e. The third-order valence-electron chi connectivity index (χ3n) is 2.35. The highest BCUT2D eigenvalue weighted by molar-refractivity contribution is 7.12. The number of halogens is 2. The predicted molar refractivity (Wildman–Crippen MR) is 72.6 cm³/mol. The molecular weight excluding hydrogens is 284 g/mol. The molecule has 1 aromatic heterocycles. The molecule has 0 unspecified atom stereocenters. The number of benzene rings is 1. The highest BCUT2D eigenvalue weighted by Gasteiger charge is 2.13. The topological polar surface area (TPSA) is 49.3 Å². The van der Waals surface area contributed by atoms with E-state index in [4.69, 9.17) is 5.11 Å². The second-order valence-electron chi connectivity index (χ2n) is 3.71. The van der Waals surface area contributed by atoms with Gasteiger partial charge in [0, 0.05) is 17.3 Å². The summed E-state index contributed by atoms with van der Waals surface area (Å²) in [6.45, 7) is -0.305. The molecule has 3 nitrogen and oxygen atoms in total. The van der Waals surface area contributed by atoms with Gasteiger partial charge in [-0.15, -0.1) is 11.3 Å². The number of aliphatic hydroxyl groups excluding tert-OH is 1. The van der Waals surface area contributed by atoms with Crippen LogP contribution >= 0.6 is 11.3 Å². The highest BCUT2D eigenvalue weighted by Crippen LogP contribution is 2.19. The van der Waals surface area contributed by atoms with Crippen LogP contribution in [-0.2, 0) is 0 Å². The Kier molecular flexibility index (Phi) is 4.45. The van der Waals surface area contributed by atoms with Crippen molar-refractivity contribution in [1.29, 1.82) is 0 Å². The van der Waals surface area contributed by atoms with E-state index in [1.54, 1.807) is 11.4 Å². The van der Waals surface area contributed by atoms with Gasteiger partial charge in [0.1, 0.15) is 11.5 Å². The summed E-state index contributed by atoms with van der Waals surface area (Å²) in [5, 5.41) is 12.8. The van der Waals surface area contributed by atoms with Crippen molar-refractivity contribution in [3.63, 3.8) is 0 Å². The standard InChI is InChI=1S/C14H9F2NO2S/c15-11-4-3-10(8-12(11)16)17-14(19)13-9(2-1-6-18)5-7-20-13/h3-5,7-8,18H,6H2,(H,17,19). The monoisotopic (exact) mass is 293 g/mol. The molecular formula is C14H9F2NO2S. The van der Waals surface area contributed by atoms with Crippen LogP contribution in [0.4, 0.5) is 14.5 Å². The van der Waals surface area contributed by atoms with Crippen LogP contribution in [0.15, 0.2) is 29.6 Å². The van der Waals surface area contributed by atoms with Crippen molar-refractivity contribution in [1.82, 2.24) is 0 Å². The number of carbonyl (C=O) groups excluding carboxylic acids is 1.